The van der Waals surface area contributed by atoms with Crippen LogP contribution in [0.2, 0.25) is 0 Å². The van der Waals surface area contributed by atoms with Gasteiger partial charge in [0.2, 0.25) is 0 Å². The van der Waals surface area contributed by atoms with E-state index in [1.807, 2.05) is 6.07 Å². The van der Waals surface area contributed by atoms with Crippen LogP contribution in [0.1, 0.15) is 42.4 Å². The fourth-order valence-electron chi connectivity index (χ4n) is 3.42. The van der Waals surface area contributed by atoms with Crippen LogP contribution in [0, 0.1) is 0 Å². The number of aryl methyl sites for hydroxylation is 1. The molecule has 0 fully saturated rings. The van der Waals surface area contributed by atoms with Crippen LogP contribution in [-0.2, 0) is 6.42 Å². The van der Waals surface area contributed by atoms with Crippen molar-refractivity contribution in [3.8, 4) is 5.75 Å². The van der Waals surface area contributed by atoms with Crippen LogP contribution in [-0.4, -0.2) is 17.7 Å². The summed E-state index contributed by atoms with van der Waals surface area (Å²) in [6.45, 7) is 3.25. The van der Waals surface area contributed by atoms with Crippen molar-refractivity contribution in [2.24, 2.45) is 0 Å². The standard InChI is InChI=1S/C19H23NO/c1-2-12-20-18-11-9-14-8-10-16(21)13-17(14)19(18)15-6-4-3-5-7-15/h3-8,10,13,18-21H,2,9,11-12H2,1H3/t18-,19+/m0/s1. The molecule has 21 heavy (non-hydrogen) atoms. The van der Waals surface area contributed by atoms with Crippen LogP contribution >= 0.6 is 0 Å². The molecule has 3 rings (SSSR count). The zero-order valence-corrected chi connectivity index (χ0v) is 12.5. The monoisotopic (exact) mass is 281 g/mol. The molecule has 2 nitrogen and oxygen atoms in total. The molecule has 0 radical (unpaired) electrons. The third kappa shape index (κ3) is 2.96. The molecule has 2 heteroatoms. The summed E-state index contributed by atoms with van der Waals surface area (Å²) in [6.07, 6.45) is 3.38. The minimum absolute atomic E-state index is 0.327. The fraction of sp³-hybridized carbons (Fsp3) is 0.368. The van der Waals surface area contributed by atoms with E-state index in [4.69, 9.17) is 0 Å². The Morgan fingerprint density at radius 3 is 2.71 bits per heavy atom. The molecular formula is C19H23NO. The smallest absolute Gasteiger partial charge is 0.115 e. The van der Waals surface area contributed by atoms with Gasteiger partial charge in [0.05, 0.1) is 0 Å². The fourth-order valence-corrected chi connectivity index (χ4v) is 3.42. The Hall–Kier alpha value is -1.80. The van der Waals surface area contributed by atoms with Gasteiger partial charge in [-0.2, -0.15) is 0 Å². The van der Waals surface area contributed by atoms with Crippen molar-refractivity contribution in [3.05, 3.63) is 65.2 Å². The highest BCUT2D eigenvalue weighted by molar-refractivity contribution is 5.45. The van der Waals surface area contributed by atoms with Gasteiger partial charge in [0.25, 0.3) is 0 Å². The molecule has 0 aromatic heterocycles. The van der Waals surface area contributed by atoms with Crippen molar-refractivity contribution in [2.75, 3.05) is 6.54 Å². The number of phenols is 1. The third-order valence-corrected chi connectivity index (χ3v) is 4.41. The van der Waals surface area contributed by atoms with Gasteiger partial charge in [0.1, 0.15) is 5.75 Å². The molecule has 0 saturated carbocycles. The highest BCUT2D eigenvalue weighted by Crippen LogP contribution is 2.38. The number of phenolic OH excluding ortho intramolecular Hbond substituents is 1. The summed E-state index contributed by atoms with van der Waals surface area (Å²) < 4.78 is 0. The average molecular weight is 281 g/mol. The zero-order valence-electron chi connectivity index (χ0n) is 12.5. The molecule has 0 amide bonds. The normalized spacial score (nSPS) is 21.0. The van der Waals surface area contributed by atoms with Crippen LogP contribution in [0.3, 0.4) is 0 Å². The van der Waals surface area contributed by atoms with Crippen molar-refractivity contribution >= 4 is 0 Å². The highest BCUT2D eigenvalue weighted by atomic mass is 16.3. The van der Waals surface area contributed by atoms with Crippen LogP contribution in [0.25, 0.3) is 0 Å². The molecule has 1 aliphatic rings. The van der Waals surface area contributed by atoms with Gasteiger partial charge < -0.3 is 10.4 Å². The molecule has 0 heterocycles. The SMILES string of the molecule is CCCN[C@H]1CCc2ccc(O)cc2[C@H]1c1ccccc1. The van der Waals surface area contributed by atoms with Gasteiger partial charge in [-0.25, -0.2) is 0 Å². The molecular weight excluding hydrogens is 258 g/mol. The van der Waals surface area contributed by atoms with Crippen molar-refractivity contribution in [1.29, 1.82) is 0 Å². The van der Waals surface area contributed by atoms with E-state index < -0.39 is 0 Å². The van der Waals surface area contributed by atoms with Crippen molar-refractivity contribution < 1.29 is 5.11 Å². The summed E-state index contributed by atoms with van der Waals surface area (Å²) in [5.74, 6) is 0.694. The second kappa shape index (κ2) is 6.31. The Labute approximate surface area is 126 Å². The number of hydrogen-bond donors (Lipinski definition) is 2. The lowest BCUT2D eigenvalue weighted by molar-refractivity contribution is 0.416. The number of nitrogens with one attached hydrogen (secondary N) is 1. The quantitative estimate of drug-likeness (QED) is 0.892. The summed E-state index contributed by atoms with van der Waals surface area (Å²) in [4.78, 5) is 0. The first-order chi connectivity index (χ1) is 10.3. The van der Waals surface area contributed by atoms with Gasteiger partial charge in [-0.15, -0.1) is 0 Å². The largest absolute Gasteiger partial charge is 0.508 e. The van der Waals surface area contributed by atoms with Gasteiger partial charge in [0.15, 0.2) is 0 Å². The lowest BCUT2D eigenvalue weighted by atomic mass is 9.75. The molecule has 0 aliphatic heterocycles. The molecule has 2 atom stereocenters. The van der Waals surface area contributed by atoms with E-state index >= 15 is 0 Å². The number of hydrogen-bond acceptors (Lipinski definition) is 2. The van der Waals surface area contributed by atoms with Gasteiger partial charge in [-0.05, 0) is 54.6 Å². The van der Waals surface area contributed by atoms with Crippen LogP contribution < -0.4 is 5.32 Å². The van der Waals surface area contributed by atoms with E-state index in [9.17, 15) is 5.11 Å². The predicted octanol–water partition coefficient (Wildman–Crippen LogP) is 3.84. The summed E-state index contributed by atoms with van der Waals surface area (Å²) in [5, 5.41) is 13.6. The summed E-state index contributed by atoms with van der Waals surface area (Å²) in [5.41, 5.74) is 3.98. The Morgan fingerprint density at radius 2 is 1.95 bits per heavy atom. The molecule has 2 aromatic carbocycles. The van der Waals surface area contributed by atoms with E-state index in [0.717, 1.165) is 25.8 Å². The summed E-state index contributed by atoms with van der Waals surface area (Å²) in [7, 11) is 0. The Balaban J connectivity index is 2.02. The Kier molecular flexibility index (Phi) is 4.26. The first-order valence-corrected chi connectivity index (χ1v) is 7.89. The maximum Gasteiger partial charge on any atom is 0.115 e. The first-order valence-electron chi connectivity index (χ1n) is 7.89. The second-order valence-corrected chi connectivity index (χ2v) is 5.87. The molecule has 0 unspecified atom stereocenters. The van der Waals surface area contributed by atoms with E-state index in [1.54, 1.807) is 6.07 Å². The van der Waals surface area contributed by atoms with Gasteiger partial charge >= 0.3 is 0 Å². The molecule has 0 bridgehead atoms. The molecule has 0 saturated heterocycles. The summed E-state index contributed by atoms with van der Waals surface area (Å²) >= 11 is 0. The van der Waals surface area contributed by atoms with Crippen molar-refractivity contribution in [1.82, 2.24) is 5.32 Å². The molecule has 2 aromatic rings. The van der Waals surface area contributed by atoms with Crippen molar-refractivity contribution in [3.63, 3.8) is 0 Å². The minimum atomic E-state index is 0.327. The van der Waals surface area contributed by atoms with Crippen molar-refractivity contribution in [2.45, 2.75) is 38.1 Å². The summed E-state index contributed by atoms with van der Waals surface area (Å²) in [6, 6.07) is 16.9. The maximum atomic E-state index is 9.89. The molecule has 0 spiro atoms. The highest BCUT2D eigenvalue weighted by Gasteiger charge is 2.30. The molecule has 110 valence electrons. The maximum absolute atomic E-state index is 9.89. The van der Waals surface area contributed by atoms with Gasteiger partial charge in [-0.3, -0.25) is 0 Å². The van der Waals surface area contributed by atoms with E-state index in [0.29, 0.717) is 17.7 Å². The van der Waals surface area contributed by atoms with Crippen LogP contribution in [0.5, 0.6) is 5.75 Å². The lowest BCUT2D eigenvalue weighted by Gasteiger charge is -2.35. The number of rotatable bonds is 4. The third-order valence-electron chi connectivity index (χ3n) is 4.41. The van der Waals surface area contributed by atoms with E-state index in [1.165, 1.54) is 16.7 Å². The number of fused-ring (bicyclic) bond motifs is 1. The van der Waals surface area contributed by atoms with E-state index in [2.05, 4.69) is 48.6 Å². The topological polar surface area (TPSA) is 32.3 Å². The number of aromatic hydroxyl groups is 1. The Morgan fingerprint density at radius 1 is 1.14 bits per heavy atom. The first kappa shape index (κ1) is 14.2. The number of benzene rings is 2. The van der Waals surface area contributed by atoms with E-state index in [-0.39, 0.29) is 0 Å². The van der Waals surface area contributed by atoms with Crippen LogP contribution in [0.15, 0.2) is 48.5 Å². The van der Waals surface area contributed by atoms with Gasteiger partial charge in [-0.1, -0.05) is 43.3 Å². The second-order valence-electron chi connectivity index (χ2n) is 5.87. The average Bonchev–Trinajstić information content (AvgIpc) is 2.53. The minimum Gasteiger partial charge on any atom is -0.508 e. The lowest BCUT2D eigenvalue weighted by Crippen LogP contribution is -2.39. The van der Waals surface area contributed by atoms with Crippen LogP contribution in [0.4, 0.5) is 0 Å². The zero-order chi connectivity index (χ0) is 14.7. The van der Waals surface area contributed by atoms with Gasteiger partial charge in [0, 0.05) is 12.0 Å². The molecule has 1 aliphatic carbocycles. The molecule has 2 N–H and O–H groups in total. The Bertz CT molecular complexity index is 594. The predicted molar refractivity (Wildman–Crippen MR) is 86.8 cm³/mol.